The van der Waals surface area contributed by atoms with E-state index in [1.807, 2.05) is 84.5 Å². The fraction of sp³-hybridized carbons (Fsp3) is 0.125. The monoisotopic (exact) mass is 464 g/mol. The second kappa shape index (κ2) is 9.05. The van der Waals surface area contributed by atoms with Crippen LogP contribution in [0.4, 0.5) is 0 Å². The van der Waals surface area contributed by atoms with Crippen molar-refractivity contribution in [2.75, 3.05) is 0 Å². The summed E-state index contributed by atoms with van der Waals surface area (Å²) in [7, 11) is 0. The molecule has 0 bridgehead atoms. The first-order valence-corrected chi connectivity index (χ1v) is 10.4. The van der Waals surface area contributed by atoms with Crippen LogP contribution in [0.15, 0.2) is 94.1 Å². The highest BCUT2D eigenvalue weighted by Gasteiger charge is 2.15. The Labute approximate surface area is 183 Å². The third kappa shape index (κ3) is 4.83. The van der Waals surface area contributed by atoms with Crippen LogP contribution in [0, 0.1) is 0 Å². The number of amides is 1. The lowest BCUT2D eigenvalue weighted by Gasteiger charge is -2.14. The second-order valence-electron chi connectivity index (χ2n) is 6.89. The van der Waals surface area contributed by atoms with Crippen molar-refractivity contribution in [1.82, 2.24) is 9.88 Å². The number of hydrogen-bond donors (Lipinski definition) is 1. The van der Waals surface area contributed by atoms with Gasteiger partial charge in [-0.1, -0.05) is 28.1 Å². The molecule has 2 heterocycles. The van der Waals surface area contributed by atoms with Crippen molar-refractivity contribution in [3.63, 3.8) is 0 Å². The Morgan fingerprint density at radius 3 is 2.43 bits per heavy atom. The molecule has 4 rings (SSSR count). The predicted octanol–water partition coefficient (Wildman–Crippen LogP) is 5.90. The first kappa shape index (κ1) is 20.0. The van der Waals surface area contributed by atoms with E-state index in [4.69, 9.17) is 9.15 Å². The number of nitrogens with zero attached hydrogens (tertiary/aromatic N) is 1. The van der Waals surface area contributed by atoms with Crippen LogP contribution < -0.4 is 10.1 Å². The molecule has 6 heteroatoms. The summed E-state index contributed by atoms with van der Waals surface area (Å²) >= 11 is 3.39. The molecule has 1 amide bonds. The molecule has 30 heavy (non-hydrogen) atoms. The van der Waals surface area contributed by atoms with Gasteiger partial charge in [0.05, 0.1) is 6.04 Å². The van der Waals surface area contributed by atoms with Crippen LogP contribution in [0.2, 0.25) is 0 Å². The van der Waals surface area contributed by atoms with E-state index in [1.54, 1.807) is 12.1 Å². The Bertz CT molecular complexity index is 1100. The molecule has 0 spiro atoms. The summed E-state index contributed by atoms with van der Waals surface area (Å²) in [6.45, 7) is 2.20. The normalized spacial score (nSPS) is 11.8. The van der Waals surface area contributed by atoms with Gasteiger partial charge in [0.2, 0.25) is 0 Å². The summed E-state index contributed by atoms with van der Waals surface area (Å²) in [6.07, 6.45) is 3.99. The van der Waals surface area contributed by atoms with E-state index in [9.17, 15) is 4.79 Å². The molecule has 4 aromatic rings. The van der Waals surface area contributed by atoms with Crippen LogP contribution >= 0.6 is 15.9 Å². The molecule has 0 aliphatic carbocycles. The average molecular weight is 465 g/mol. The van der Waals surface area contributed by atoms with Crippen LogP contribution in [0.3, 0.4) is 0 Å². The molecule has 2 aromatic heterocycles. The van der Waals surface area contributed by atoms with E-state index >= 15 is 0 Å². The number of carbonyl (C=O) groups excluding carboxylic acids is 1. The fourth-order valence-corrected chi connectivity index (χ4v) is 3.32. The number of benzene rings is 2. The van der Waals surface area contributed by atoms with Gasteiger partial charge in [0.15, 0.2) is 5.76 Å². The molecule has 5 nitrogen and oxygen atoms in total. The number of hydrogen-bond acceptors (Lipinski definition) is 3. The minimum atomic E-state index is -0.258. The highest BCUT2D eigenvalue weighted by molar-refractivity contribution is 9.10. The highest BCUT2D eigenvalue weighted by atomic mass is 79.9. The zero-order valence-electron chi connectivity index (χ0n) is 16.4. The van der Waals surface area contributed by atoms with E-state index in [-0.39, 0.29) is 24.3 Å². The Morgan fingerprint density at radius 2 is 1.73 bits per heavy atom. The summed E-state index contributed by atoms with van der Waals surface area (Å²) in [5.41, 5.74) is 2.09. The van der Waals surface area contributed by atoms with Crippen LogP contribution in [0.25, 0.3) is 5.69 Å². The lowest BCUT2D eigenvalue weighted by atomic mass is 10.1. The molecule has 0 aliphatic heterocycles. The van der Waals surface area contributed by atoms with Gasteiger partial charge in [-0.3, -0.25) is 4.79 Å². The molecular weight excluding hydrogens is 444 g/mol. The molecule has 0 saturated carbocycles. The van der Waals surface area contributed by atoms with Gasteiger partial charge in [-0.25, -0.2) is 0 Å². The zero-order chi connectivity index (χ0) is 20.9. The largest absolute Gasteiger partial charge is 0.486 e. The number of ether oxygens (including phenoxy) is 1. The molecular formula is C24H21BrN2O3. The van der Waals surface area contributed by atoms with Crippen molar-refractivity contribution in [2.24, 2.45) is 0 Å². The van der Waals surface area contributed by atoms with E-state index < -0.39 is 0 Å². The van der Waals surface area contributed by atoms with Gasteiger partial charge in [0.1, 0.15) is 18.1 Å². The van der Waals surface area contributed by atoms with Crippen LogP contribution in [-0.4, -0.2) is 10.5 Å². The SMILES string of the molecule is CC(NC(=O)c1ccc(COc2ccc(Br)cc2)o1)c1ccc(-n2cccc2)cc1. The number of furan rings is 1. The molecule has 1 N–H and O–H groups in total. The molecule has 0 saturated heterocycles. The topological polar surface area (TPSA) is 56.4 Å². The van der Waals surface area contributed by atoms with Crippen molar-refractivity contribution in [3.05, 3.63) is 107 Å². The van der Waals surface area contributed by atoms with E-state index in [1.165, 1.54) is 0 Å². The van der Waals surface area contributed by atoms with Crippen molar-refractivity contribution in [3.8, 4) is 11.4 Å². The minimum absolute atomic E-state index is 0.149. The first-order chi connectivity index (χ1) is 14.6. The number of aromatic nitrogens is 1. The van der Waals surface area contributed by atoms with Gasteiger partial charge in [-0.15, -0.1) is 0 Å². The standard InChI is InChI=1S/C24H21BrN2O3/c1-17(18-4-8-20(9-5-18)27-14-2-3-15-27)26-24(28)23-13-12-22(30-23)16-29-21-10-6-19(25)7-11-21/h2-15,17H,16H2,1H3,(H,26,28). The second-order valence-corrected chi connectivity index (χ2v) is 7.80. The smallest absolute Gasteiger partial charge is 0.287 e. The summed E-state index contributed by atoms with van der Waals surface area (Å²) in [5.74, 6) is 1.33. The molecule has 2 aromatic carbocycles. The van der Waals surface area contributed by atoms with E-state index in [2.05, 4.69) is 21.2 Å². The fourth-order valence-electron chi connectivity index (χ4n) is 3.06. The zero-order valence-corrected chi connectivity index (χ0v) is 18.0. The summed E-state index contributed by atoms with van der Waals surface area (Å²) < 4.78 is 14.4. The third-order valence-electron chi connectivity index (χ3n) is 4.72. The van der Waals surface area contributed by atoms with E-state index in [0.29, 0.717) is 5.76 Å². The molecule has 0 aliphatic rings. The minimum Gasteiger partial charge on any atom is -0.486 e. The lowest BCUT2D eigenvalue weighted by molar-refractivity contribution is 0.0907. The summed E-state index contributed by atoms with van der Waals surface area (Å²) in [6, 6.07) is 22.9. The maximum Gasteiger partial charge on any atom is 0.287 e. The number of carbonyl (C=O) groups is 1. The molecule has 0 radical (unpaired) electrons. The maximum atomic E-state index is 12.6. The Balaban J connectivity index is 1.33. The van der Waals surface area contributed by atoms with Gasteiger partial charge in [-0.2, -0.15) is 0 Å². The predicted molar refractivity (Wildman–Crippen MR) is 119 cm³/mol. The van der Waals surface area contributed by atoms with Crippen LogP contribution in [0.5, 0.6) is 5.75 Å². The summed E-state index contributed by atoms with van der Waals surface area (Å²) in [5, 5.41) is 2.97. The first-order valence-electron chi connectivity index (χ1n) is 9.60. The molecule has 1 unspecified atom stereocenters. The van der Waals surface area contributed by atoms with Gasteiger partial charge >= 0.3 is 0 Å². The number of nitrogens with one attached hydrogen (secondary N) is 1. The van der Waals surface area contributed by atoms with Crippen LogP contribution in [-0.2, 0) is 6.61 Å². The van der Waals surface area contributed by atoms with Crippen molar-refractivity contribution in [1.29, 1.82) is 0 Å². The van der Waals surface area contributed by atoms with Crippen LogP contribution in [0.1, 0.15) is 34.8 Å². The van der Waals surface area contributed by atoms with Crippen molar-refractivity contribution >= 4 is 21.8 Å². The average Bonchev–Trinajstić information content (AvgIpc) is 3.46. The summed E-state index contributed by atoms with van der Waals surface area (Å²) in [4.78, 5) is 12.6. The Morgan fingerprint density at radius 1 is 1.03 bits per heavy atom. The molecule has 1 atom stereocenters. The van der Waals surface area contributed by atoms with Crippen molar-refractivity contribution < 1.29 is 13.9 Å². The van der Waals surface area contributed by atoms with Gasteiger partial charge in [-0.05, 0) is 73.2 Å². The van der Waals surface area contributed by atoms with Crippen molar-refractivity contribution in [2.45, 2.75) is 19.6 Å². The number of halogens is 1. The van der Waals surface area contributed by atoms with Gasteiger partial charge in [0, 0.05) is 22.6 Å². The quantitative estimate of drug-likeness (QED) is 0.370. The maximum absolute atomic E-state index is 12.6. The number of rotatable bonds is 7. The highest BCUT2D eigenvalue weighted by Crippen LogP contribution is 2.19. The Kier molecular flexibility index (Phi) is 6.05. The van der Waals surface area contributed by atoms with Gasteiger partial charge in [0.25, 0.3) is 5.91 Å². The van der Waals surface area contributed by atoms with E-state index in [0.717, 1.165) is 21.5 Å². The Hall–Kier alpha value is -3.25. The lowest BCUT2D eigenvalue weighted by Crippen LogP contribution is -2.26. The third-order valence-corrected chi connectivity index (χ3v) is 5.25. The molecule has 0 fully saturated rings. The molecule has 152 valence electrons. The van der Waals surface area contributed by atoms with Gasteiger partial charge < -0.3 is 19.0 Å².